The third kappa shape index (κ3) is 3.07. The van der Waals surface area contributed by atoms with E-state index in [4.69, 9.17) is 9.47 Å². The smallest absolute Gasteiger partial charge is 0.416 e. The molecular weight excluding hydrogens is 387 g/mol. The van der Waals surface area contributed by atoms with Crippen molar-refractivity contribution in [2.24, 2.45) is 0 Å². The number of benzene rings is 1. The van der Waals surface area contributed by atoms with Crippen LogP contribution in [0.15, 0.2) is 36.7 Å². The molecule has 0 spiro atoms. The van der Waals surface area contributed by atoms with Crippen molar-refractivity contribution in [3.05, 3.63) is 64.6 Å². The van der Waals surface area contributed by atoms with E-state index in [0.717, 1.165) is 28.6 Å². The Morgan fingerprint density at radius 1 is 1.14 bits per heavy atom. The van der Waals surface area contributed by atoms with Gasteiger partial charge in [-0.3, -0.25) is 9.78 Å². The van der Waals surface area contributed by atoms with Crippen LogP contribution >= 0.6 is 0 Å². The molecule has 2 aliphatic rings. The van der Waals surface area contributed by atoms with Crippen LogP contribution in [-0.2, 0) is 24.1 Å². The first-order valence-electron chi connectivity index (χ1n) is 8.89. The minimum absolute atomic E-state index is 0.0563. The number of nitrogens with zero attached hydrogens (tertiary/aromatic N) is 2. The molecule has 3 aromatic rings. The largest absolute Gasteiger partial charge is 0.491 e. The Bertz CT molecular complexity index is 1150. The van der Waals surface area contributed by atoms with Crippen LogP contribution in [0.4, 0.5) is 13.2 Å². The second kappa shape index (κ2) is 6.41. The van der Waals surface area contributed by atoms with E-state index in [9.17, 15) is 18.0 Å². The maximum absolute atomic E-state index is 12.9. The van der Waals surface area contributed by atoms with E-state index in [2.05, 4.69) is 15.3 Å². The van der Waals surface area contributed by atoms with Crippen LogP contribution < -0.4 is 10.1 Å². The molecule has 6 nitrogen and oxygen atoms in total. The number of alkyl halides is 3. The Hall–Kier alpha value is -3.20. The van der Waals surface area contributed by atoms with Crippen LogP contribution in [-0.4, -0.2) is 22.5 Å². The molecule has 0 bridgehead atoms. The molecule has 0 aliphatic carbocycles. The summed E-state index contributed by atoms with van der Waals surface area (Å²) in [5.74, 6) is -0.319. The molecule has 1 N–H and O–H groups in total. The van der Waals surface area contributed by atoms with Gasteiger partial charge in [0.15, 0.2) is 0 Å². The summed E-state index contributed by atoms with van der Waals surface area (Å²) in [6.45, 7) is 0.990. The van der Waals surface area contributed by atoms with Gasteiger partial charge in [-0.2, -0.15) is 13.2 Å². The Morgan fingerprint density at radius 3 is 2.83 bits per heavy atom. The van der Waals surface area contributed by atoms with E-state index in [-0.39, 0.29) is 18.1 Å². The van der Waals surface area contributed by atoms with E-state index in [0.29, 0.717) is 24.3 Å². The summed E-state index contributed by atoms with van der Waals surface area (Å²) in [6.07, 6.45) is -1.18. The molecule has 1 amide bonds. The molecule has 1 aromatic carbocycles. The number of pyridine rings is 2. The maximum atomic E-state index is 12.9. The van der Waals surface area contributed by atoms with Gasteiger partial charge in [-0.25, -0.2) is 4.98 Å². The van der Waals surface area contributed by atoms with Crippen LogP contribution in [0.25, 0.3) is 10.9 Å². The van der Waals surface area contributed by atoms with Crippen molar-refractivity contribution in [2.75, 3.05) is 6.61 Å². The molecule has 0 fully saturated rings. The molecule has 2 aromatic heterocycles. The molecule has 5 rings (SSSR count). The van der Waals surface area contributed by atoms with Crippen LogP contribution in [0.3, 0.4) is 0 Å². The highest BCUT2D eigenvalue weighted by atomic mass is 19.4. The second-order valence-electron chi connectivity index (χ2n) is 6.93. The average molecular weight is 401 g/mol. The Balaban J connectivity index is 1.41. The highest BCUT2D eigenvalue weighted by Gasteiger charge is 2.34. The van der Waals surface area contributed by atoms with Crippen LogP contribution in [0, 0.1) is 0 Å². The van der Waals surface area contributed by atoms with Crippen LogP contribution in [0.5, 0.6) is 5.75 Å². The lowest BCUT2D eigenvalue weighted by Gasteiger charge is -2.13. The molecular formula is C20H14F3N3O3. The maximum Gasteiger partial charge on any atom is 0.416 e. The molecule has 9 heteroatoms. The predicted molar refractivity (Wildman–Crippen MR) is 95.2 cm³/mol. The number of carbonyl (C=O) groups excluding carboxylic acids is 1. The van der Waals surface area contributed by atoms with Crippen molar-refractivity contribution in [1.29, 1.82) is 0 Å². The lowest BCUT2D eigenvalue weighted by Crippen LogP contribution is -2.30. The first-order valence-corrected chi connectivity index (χ1v) is 8.89. The van der Waals surface area contributed by atoms with Crippen molar-refractivity contribution in [3.63, 3.8) is 0 Å². The first kappa shape index (κ1) is 17.9. The number of nitrogens with one attached hydrogen (secondary N) is 1. The number of fused-ring (bicyclic) bond motifs is 4. The summed E-state index contributed by atoms with van der Waals surface area (Å²) in [5, 5.41) is 3.59. The third-order valence-corrected chi connectivity index (χ3v) is 5.12. The van der Waals surface area contributed by atoms with Gasteiger partial charge in [0.25, 0.3) is 5.91 Å². The van der Waals surface area contributed by atoms with Gasteiger partial charge in [-0.05, 0) is 23.8 Å². The molecule has 0 radical (unpaired) electrons. The SMILES string of the molecule is O=C(N[C@@H]1COc2cc(C(F)(F)F)ccc21)c1cc2c3c(cnc2cn1)COC3. The lowest BCUT2D eigenvalue weighted by atomic mass is 10.0. The summed E-state index contributed by atoms with van der Waals surface area (Å²) in [6, 6.07) is 4.37. The van der Waals surface area contributed by atoms with E-state index in [1.165, 1.54) is 12.3 Å². The molecule has 0 saturated carbocycles. The van der Waals surface area contributed by atoms with Crippen molar-refractivity contribution in [3.8, 4) is 5.75 Å². The number of carbonyl (C=O) groups is 1. The third-order valence-electron chi connectivity index (χ3n) is 5.12. The summed E-state index contributed by atoms with van der Waals surface area (Å²) in [5.41, 5.74) is 2.54. The van der Waals surface area contributed by atoms with Gasteiger partial charge in [0.05, 0.1) is 36.5 Å². The van der Waals surface area contributed by atoms with Crippen molar-refractivity contribution in [2.45, 2.75) is 25.4 Å². The second-order valence-corrected chi connectivity index (χ2v) is 6.93. The average Bonchev–Trinajstić information content (AvgIpc) is 3.33. The summed E-state index contributed by atoms with van der Waals surface area (Å²) < 4.78 is 49.4. The highest BCUT2D eigenvalue weighted by molar-refractivity contribution is 5.96. The zero-order chi connectivity index (χ0) is 20.2. The van der Waals surface area contributed by atoms with E-state index >= 15 is 0 Å². The lowest BCUT2D eigenvalue weighted by molar-refractivity contribution is -0.137. The van der Waals surface area contributed by atoms with Crippen molar-refractivity contribution in [1.82, 2.24) is 15.3 Å². The van der Waals surface area contributed by atoms with E-state index in [1.807, 2.05) is 0 Å². The summed E-state index contributed by atoms with van der Waals surface area (Å²) in [7, 11) is 0. The minimum atomic E-state index is -4.45. The molecule has 2 aliphatic heterocycles. The highest BCUT2D eigenvalue weighted by Crippen LogP contribution is 2.38. The zero-order valence-electron chi connectivity index (χ0n) is 14.9. The minimum Gasteiger partial charge on any atom is -0.491 e. The monoisotopic (exact) mass is 401 g/mol. The molecule has 1 atom stereocenters. The standard InChI is InChI=1S/C20H14F3N3O3/c21-20(22,23)11-1-2-12-17(9-29-18(12)3-11)26-19(27)15-4-13-14-8-28-7-10(14)5-24-16(13)6-25-15/h1-6,17H,7-9H2,(H,26,27)/t17-/m1/s1. The fourth-order valence-electron chi connectivity index (χ4n) is 3.61. The number of hydrogen-bond acceptors (Lipinski definition) is 5. The number of aromatic nitrogens is 2. The summed E-state index contributed by atoms with van der Waals surface area (Å²) >= 11 is 0. The molecule has 4 heterocycles. The van der Waals surface area contributed by atoms with E-state index < -0.39 is 23.7 Å². The number of amides is 1. The van der Waals surface area contributed by atoms with Gasteiger partial charge in [0, 0.05) is 22.7 Å². The number of rotatable bonds is 2. The first-order chi connectivity index (χ1) is 13.9. The van der Waals surface area contributed by atoms with E-state index in [1.54, 1.807) is 12.3 Å². The number of halogens is 3. The topological polar surface area (TPSA) is 73.3 Å². The van der Waals surface area contributed by atoms with Crippen molar-refractivity contribution < 1.29 is 27.4 Å². The molecule has 0 saturated heterocycles. The predicted octanol–water partition coefficient (Wildman–Crippen LogP) is 3.54. The Kier molecular flexibility index (Phi) is 3.95. The summed E-state index contributed by atoms with van der Waals surface area (Å²) in [4.78, 5) is 21.2. The van der Waals surface area contributed by atoms with Crippen LogP contribution in [0.2, 0.25) is 0 Å². The zero-order valence-corrected chi connectivity index (χ0v) is 14.9. The Labute approximate surface area is 162 Å². The molecule has 0 unspecified atom stereocenters. The van der Waals surface area contributed by atoms with Gasteiger partial charge in [0.2, 0.25) is 0 Å². The van der Waals surface area contributed by atoms with Crippen molar-refractivity contribution >= 4 is 16.8 Å². The van der Waals surface area contributed by atoms with Gasteiger partial charge in [-0.15, -0.1) is 0 Å². The normalized spacial score (nSPS) is 17.7. The Morgan fingerprint density at radius 2 is 2.00 bits per heavy atom. The fraction of sp³-hybridized carbons (Fsp3) is 0.250. The van der Waals surface area contributed by atoms with Gasteiger partial charge < -0.3 is 14.8 Å². The van der Waals surface area contributed by atoms with Gasteiger partial charge in [0.1, 0.15) is 18.1 Å². The number of ether oxygens (including phenoxy) is 2. The fourth-order valence-corrected chi connectivity index (χ4v) is 3.61. The molecule has 29 heavy (non-hydrogen) atoms. The van der Waals surface area contributed by atoms with Crippen LogP contribution in [0.1, 0.15) is 38.8 Å². The number of hydrogen-bond donors (Lipinski definition) is 1. The van der Waals surface area contributed by atoms with Gasteiger partial charge in [-0.1, -0.05) is 6.07 Å². The molecule has 148 valence electrons. The quantitative estimate of drug-likeness (QED) is 0.711. The van der Waals surface area contributed by atoms with Gasteiger partial charge >= 0.3 is 6.18 Å².